The van der Waals surface area contributed by atoms with Crippen molar-refractivity contribution in [1.82, 2.24) is 0 Å². The van der Waals surface area contributed by atoms with Crippen LogP contribution in [0.25, 0.3) is 0 Å². The van der Waals surface area contributed by atoms with E-state index >= 15 is 0 Å². The predicted molar refractivity (Wildman–Crippen MR) is 46.9 cm³/mol. The van der Waals surface area contributed by atoms with Crippen molar-refractivity contribution >= 4 is 0 Å². The van der Waals surface area contributed by atoms with Gasteiger partial charge in [0.2, 0.25) is 0 Å². The van der Waals surface area contributed by atoms with Gasteiger partial charge in [-0.2, -0.15) is 5.26 Å². The van der Waals surface area contributed by atoms with Crippen LogP contribution in [0.1, 0.15) is 18.9 Å². The zero-order valence-corrected chi connectivity index (χ0v) is 7.68. The Balaban J connectivity index is 3.01. The number of rotatable bonds is 3. The van der Waals surface area contributed by atoms with Gasteiger partial charge in [0, 0.05) is 0 Å². The van der Waals surface area contributed by atoms with Crippen molar-refractivity contribution < 1.29 is 13.5 Å². The van der Waals surface area contributed by atoms with E-state index < -0.39 is 17.4 Å². The van der Waals surface area contributed by atoms with Gasteiger partial charge in [0.15, 0.2) is 17.4 Å². The minimum atomic E-state index is -0.838. The Morgan fingerprint density at radius 1 is 1.36 bits per heavy atom. The predicted octanol–water partition coefficient (Wildman–Crippen LogP) is 2.63. The van der Waals surface area contributed by atoms with E-state index in [0.717, 1.165) is 12.1 Å². The summed E-state index contributed by atoms with van der Waals surface area (Å²) in [5.74, 6) is -2.09. The Labute approximate surface area is 80.7 Å². The van der Waals surface area contributed by atoms with Crippen LogP contribution in [0.5, 0.6) is 5.75 Å². The summed E-state index contributed by atoms with van der Waals surface area (Å²) in [4.78, 5) is 0. The SMILES string of the molecule is CCCOc1c(F)cc(C#N)cc1F. The van der Waals surface area contributed by atoms with Crippen LogP contribution in [0.2, 0.25) is 0 Å². The van der Waals surface area contributed by atoms with E-state index in [2.05, 4.69) is 0 Å². The second kappa shape index (κ2) is 4.56. The van der Waals surface area contributed by atoms with Gasteiger partial charge in [-0.3, -0.25) is 0 Å². The molecule has 0 aromatic heterocycles. The number of halogens is 2. The standard InChI is InChI=1S/C10H9F2NO/c1-2-3-14-10-8(11)4-7(6-13)5-9(10)12/h4-5H,2-3H2,1H3. The summed E-state index contributed by atoms with van der Waals surface area (Å²) >= 11 is 0. The van der Waals surface area contributed by atoms with Crippen LogP contribution < -0.4 is 4.74 Å². The molecule has 0 amide bonds. The van der Waals surface area contributed by atoms with E-state index in [1.807, 2.05) is 6.92 Å². The first-order valence-electron chi connectivity index (χ1n) is 4.21. The van der Waals surface area contributed by atoms with Gasteiger partial charge in [0.05, 0.1) is 18.2 Å². The van der Waals surface area contributed by atoms with Gasteiger partial charge < -0.3 is 4.74 Å². The van der Waals surface area contributed by atoms with Gasteiger partial charge >= 0.3 is 0 Å². The van der Waals surface area contributed by atoms with Crippen LogP contribution in [0.4, 0.5) is 8.78 Å². The van der Waals surface area contributed by atoms with Crippen molar-refractivity contribution in [3.63, 3.8) is 0 Å². The van der Waals surface area contributed by atoms with Crippen molar-refractivity contribution in [1.29, 1.82) is 5.26 Å². The van der Waals surface area contributed by atoms with Crippen molar-refractivity contribution in [2.45, 2.75) is 13.3 Å². The van der Waals surface area contributed by atoms with Crippen LogP contribution in [-0.4, -0.2) is 6.61 Å². The Hall–Kier alpha value is -1.63. The number of benzene rings is 1. The number of ether oxygens (including phenoxy) is 1. The Bertz CT molecular complexity index is 348. The molecule has 0 spiro atoms. The molecular weight excluding hydrogens is 188 g/mol. The van der Waals surface area contributed by atoms with Gasteiger partial charge in [-0.05, 0) is 18.6 Å². The highest BCUT2D eigenvalue weighted by Gasteiger charge is 2.11. The van der Waals surface area contributed by atoms with E-state index in [4.69, 9.17) is 10.00 Å². The van der Waals surface area contributed by atoms with Crippen LogP contribution in [0.3, 0.4) is 0 Å². The minimum absolute atomic E-state index is 0.0520. The van der Waals surface area contributed by atoms with Gasteiger partial charge in [-0.25, -0.2) is 8.78 Å². The summed E-state index contributed by atoms with van der Waals surface area (Å²) in [5.41, 5.74) is -0.0520. The number of hydrogen-bond acceptors (Lipinski definition) is 2. The van der Waals surface area contributed by atoms with E-state index in [0.29, 0.717) is 6.42 Å². The molecule has 14 heavy (non-hydrogen) atoms. The average molecular weight is 197 g/mol. The molecule has 0 unspecified atom stereocenters. The van der Waals surface area contributed by atoms with Gasteiger partial charge in [-0.1, -0.05) is 6.92 Å². The Morgan fingerprint density at radius 2 is 1.93 bits per heavy atom. The molecule has 0 radical (unpaired) electrons. The average Bonchev–Trinajstić information content (AvgIpc) is 2.16. The highest BCUT2D eigenvalue weighted by Crippen LogP contribution is 2.22. The topological polar surface area (TPSA) is 33.0 Å². The highest BCUT2D eigenvalue weighted by molar-refractivity contribution is 5.37. The first kappa shape index (κ1) is 10.5. The van der Waals surface area contributed by atoms with Crippen molar-refractivity contribution in [3.05, 3.63) is 29.3 Å². The summed E-state index contributed by atoms with van der Waals surface area (Å²) in [6, 6.07) is 3.56. The minimum Gasteiger partial charge on any atom is -0.488 e. The van der Waals surface area contributed by atoms with Gasteiger partial charge in [-0.15, -0.1) is 0 Å². The fourth-order valence-electron chi connectivity index (χ4n) is 0.966. The van der Waals surface area contributed by atoms with Crippen LogP contribution in [-0.2, 0) is 0 Å². The molecule has 0 heterocycles. The zero-order chi connectivity index (χ0) is 10.6. The first-order chi connectivity index (χ1) is 6.69. The third kappa shape index (κ3) is 2.19. The molecule has 0 N–H and O–H groups in total. The molecule has 0 aliphatic heterocycles. The molecule has 0 saturated carbocycles. The maximum absolute atomic E-state index is 13.1. The van der Waals surface area contributed by atoms with Crippen molar-refractivity contribution in [2.75, 3.05) is 6.61 Å². The highest BCUT2D eigenvalue weighted by atomic mass is 19.1. The lowest BCUT2D eigenvalue weighted by molar-refractivity contribution is 0.285. The lowest BCUT2D eigenvalue weighted by atomic mass is 10.2. The molecule has 2 nitrogen and oxygen atoms in total. The second-order valence-electron chi connectivity index (χ2n) is 2.73. The molecule has 1 rings (SSSR count). The third-order valence-corrected chi connectivity index (χ3v) is 1.58. The summed E-state index contributed by atoms with van der Waals surface area (Å²) < 4.78 is 31.1. The quantitative estimate of drug-likeness (QED) is 0.746. The van der Waals surface area contributed by atoms with Crippen molar-refractivity contribution in [3.8, 4) is 11.8 Å². The normalized spacial score (nSPS) is 9.57. The van der Waals surface area contributed by atoms with E-state index in [1.165, 1.54) is 0 Å². The summed E-state index contributed by atoms with van der Waals surface area (Å²) in [6.07, 6.45) is 0.666. The molecule has 74 valence electrons. The Kier molecular flexibility index (Phi) is 3.41. The maximum atomic E-state index is 13.1. The lowest BCUT2D eigenvalue weighted by Gasteiger charge is -2.06. The monoisotopic (exact) mass is 197 g/mol. The third-order valence-electron chi connectivity index (χ3n) is 1.58. The fraction of sp³-hybridized carbons (Fsp3) is 0.300. The van der Waals surface area contributed by atoms with E-state index in [9.17, 15) is 8.78 Å². The van der Waals surface area contributed by atoms with Crippen LogP contribution in [0.15, 0.2) is 12.1 Å². The lowest BCUT2D eigenvalue weighted by Crippen LogP contribution is -2.00. The smallest absolute Gasteiger partial charge is 0.190 e. The molecule has 0 saturated heterocycles. The largest absolute Gasteiger partial charge is 0.488 e. The van der Waals surface area contributed by atoms with Crippen LogP contribution in [0, 0.1) is 23.0 Å². The first-order valence-corrected chi connectivity index (χ1v) is 4.21. The maximum Gasteiger partial charge on any atom is 0.190 e. The van der Waals surface area contributed by atoms with E-state index in [-0.39, 0.29) is 12.2 Å². The molecule has 0 aliphatic carbocycles. The number of nitriles is 1. The van der Waals surface area contributed by atoms with E-state index in [1.54, 1.807) is 6.07 Å². The van der Waals surface area contributed by atoms with Crippen molar-refractivity contribution in [2.24, 2.45) is 0 Å². The second-order valence-corrected chi connectivity index (χ2v) is 2.73. The fourth-order valence-corrected chi connectivity index (χ4v) is 0.966. The molecule has 1 aromatic carbocycles. The zero-order valence-electron chi connectivity index (χ0n) is 7.68. The molecule has 0 aliphatic rings. The molecular formula is C10H9F2NO. The number of hydrogen-bond donors (Lipinski definition) is 0. The number of nitrogens with zero attached hydrogens (tertiary/aromatic N) is 1. The Morgan fingerprint density at radius 3 is 2.36 bits per heavy atom. The van der Waals surface area contributed by atoms with Crippen LogP contribution >= 0.6 is 0 Å². The summed E-state index contributed by atoms with van der Waals surface area (Å²) in [6.45, 7) is 2.08. The molecule has 0 fully saturated rings. The molecule has 1 aromatic rings. The summed E-state index contributed by atoms with van der Waals surface area (Å²) in [7, 11) is 0. The molecule has 4 heteroatoms. The van der Waals surface area contributed by atoms with Gasteiger partial charge in [0.1, 0.15) is 0 Å². The van der Waals surface area contributed by atoms with Gasteiger partial charge in [0.25, 0.3) is 0 Å². The molecule has 0 atom stereocenters. The molecule has 0 bridgehead atoms. The summed E-state index contributed by atoms with van der Waals surface area (Å²) in [5, 5.41) is 8.43.